The van der Waals surface area contributed by atoms with Crippen LogP contribution in [-0.4, -0.2) is 20.3 Å². The number of hydrogen-bond donors (Lipinski definition) is 2. The zero-order valence-electron chi connectivity index (χ0n) is 9.85. The van der Waals surface area contributed by atoms with Crippen LogP contribution in [0.15, 0.2) is 33.9 Å². The fraction of sp³-hybridized carbons (Fsp3) is 0.385. The van der Waals surface area contributed by atoms with Gasteiger partial charge < -0.3 is 10.1 Å². The SMILES string of the molecule is O=c1[nH]c2ccccc2c(=O)n1CC1(O)CCC1. The van der Waals surface area contributed by atoms with E-state index in [9.17, 15) is 14.7 Å². The Morgan fingerprint density at radius 3 is 2.67 bits per heavy atom. The number of rotatable bonds is 2. The van der Waals surface area contributed by atoms with Crippen LogP contribution in [0, 0.1) is 0 Å². The fourth-order valence-corrected chi connectivity index (χ4v) is 2.38. The monoisotopic (exact) mass is 246 g/mol. The van der Waals surface area contributed by atoms with Crippen molar-refractivity contribution in [1.82, 2.24) is 9.55 Å². The van der Waals surface area contributed by atoms with Crippen molar-refractivity contribution in [2.75, 3.05) is 0 Å². The Labute approximate surface area is 103 Å². The van der Waals surface area contributed by atoms with Gasteiger partial charge >= 0.3 is 5.69 Å². The van der Waals surface area contributed by atoms with E-state index >= 15 is 0 Å². The molecule has 1 fully saturated rings. The van der Waals surface area contributed by atoms with Gasteiger partial charge in [0.25, 0.3) is 5.56 Å². The van der Waals surface area contributed by atoms with Gasteiger partial charge in [-0.05, 0) is 31.4 Å². The molecule has 1 heterocycles. The predicted molar refractivity (Wildman–Crippen MR) is 67.6 cm³/mol. The molecule has 0 saturated heterocycles. The van der Waals surface area contributed by atoms with E-state index in [-0.39, 0.29) is 12.1 Å². The minimum absolute atomic E-state index is 0.0754. The van der Waals surface area contributed by atoms with Crippen molar-refractivity contribution in [2.24, 2.45) is 0 Å². The lowest BCUT2D eigenvalue weighted by Gasteiger charge is -2.36. The van der Waals surface area contributed by atoms with Crippen LogP contribution < -0.4 is 11.2 Å². The second-order valence-electron chi connectivity index (χ2n) is 4.94. The summed E-state index contributed by atoms with van der Waals surface area (Å²) in [5.74, 6) is 0. The van der Waals surface area contributed by atoms with Crippen molar-refractivity contribution < 1.29 is 5.11 Å². The van der Waals surface area contributed by atoms with Crippen LogP contribution in [-0.2, 0) is 6.54 Å². The molecule has 18 heavy (non-hydrogen) atoms. The van der Waals surface area contributed by atoms with E-state index in [1.54, 1.807) is 24.3 Å². The maximum atomic E-state index is 12.2. The molecule has 2 aromatic rings. The van der Waals surface area contributed by atoms with Crippen molar-refractivity contribution in [3.63, 3.8) is 0 Å². The third-order valence-corrected chi connectivity index (χ3v) is 3.63. The number of hydrogen-bond acceptors (Lipinski definition) is 3. The van der Waals surface area contributed by atoms with Crippen molar-refractivity contribution in [3.05, 3.63) is 45.1 Å². The lowest BCUT2D eigenvalue weighted by atomic mass is 9.80. The molecule has 5 heteroatoms. The minimum Gasteiger partial charge on any atom is -0.388 e. The van der Waals surface area contributed by atoms with Crippen molar-refractivity contribution >= 4 is 10.9 Å². The van der Waals surface area contributed by atoms with Crippen LogP contribution in [0.2, 0.25) is 0 Å². The maximum Gasteiger partial charge on any atom is 0.328 e. The Hall–Kier alpha value is -1.88. The zero-order chi connectivity index (χ0) is 12.8. The van der Waals surface area contributed by atoms with Gasteiger partial charge in [0, 0.05) is 0 Å². The molecule has 0 atom stereocenters. The number of aromatic nitrogens is 2. The third kappa shape index (κ3) is 1.67. The molecule has 1 aromatic carbocycles. The molecular formula is C13H14N2O3. The quantitative estimate of drug-likeness (QED) is 0.815. The van der Waals surface area contributed by atoms with Gasteiger partial charge in [-0.15, -0.1) is 0 Å². The summed E-state index contributed by atoms with van der Waals surface area (Å²) in [6.45, 7) is 0.0754. The molecule has 0 amide bonds. The van der Waals surface area contributed by atoms with E-state index in [0.717, 1.165) is 11.0 Å². The summed E-state index contributed by atoms with van der Waals surface area (Å²) >= 11 is 0. The molecule has 5 nitrogen and oxygen atoms in total. The molecular weight excluding hydrogens is 232 g/mol. The highest BCUT2D eigenvalue weighted by Gasteiger charge is 2.35. The van der Waals surface area contributed by atoms with Crippen LogP contribution in [0.4, 0.5) is 0 Å². The summed E-state index contributed by atoms with van der Waals surface area (Å²) in [6, 6.07) is 6.89. The molecule has 3 rings (SSSR count). The molecule has 0 unspecified atom stereocenters. The number of para-hydroxylation sites is 1. The zero-order valence-corrected chi connectivity index (χ0v) is 9.85. The Balaban J connectivity index is 2.17. The van der Waals surface area contributed by atoms with Gasteiger partial charge in [-0.2, -0.15) is 0 Å². The fourth-order valence-electron chi connectivity index (χ4n) is 2.38. The summed E-state index contributed by atoms with van der Waals surface area (Å²) in [6.07, 6.45) is 2.23. The molecule has 1 saturated carbocycles. The molecule has 0 bridgehead atoms. The highest BCUT2D eigenvalue weighted by Crippen LogP contribution is 2.32. The smallest absolute Gasteiger partial charge is 0.328 e. The lowest BCUT2D eigenvalue weighted by Crippen LogP contribution is -2.48. The second-order valence-corrected chi connectivity index (χ2v) is 4.94. The number of nitrogens with zero attached hydrogens (tertiary/aromatic N) is 1. The number of fused-ring (bicyclic) bond motifs is 1. The summed E-state index contributed by atoms with van der Waals surface area (Å²) in [7, 11) is 0. The molecule has 1 aromatic heterocycles. The largest absolute Gasteiger partial charge is 0.388 e. The number of nitrogens with one attached hydrogen (secondary N) is 1. The van der Waals surface area contributed by atoms with E-state index in [1.807, 2.05) is 0 Å². The number of H-pyrrole nitrogens is 1. The average Bonchev–Trinajstić information content (AvgIpc) is 2.32. The highest BCUT2D eigenvalue weighted by molar-refractivity contribution is 5.76. The molecule has 0 radical (unpaired) electrons. The maximum absolute atomic E-state index is 12.2. The molecule has 0 spiro atoms. The van der Waals surface area contributed by atoms with E-state index in [2.05, 4.69) is 4.98 Å². The van der Waals surface area contributed by atoms with Gasteiger partial charge in [0.1, 0.15) is 0 Å². The Bertz CT molecular complexity index is 710. The van der Waals surface area contributed by atoms with Crippen molar-refractivity contribution in [2.45, 2.75) is 31.4 Å². The summed E-state index contributed by atoms with van der Waals surface area (Å²) in [5.41, 5.74) is -1.16. The van der Waals surface area contributed by atoms with E-state index in [0.29, 0.717) is 23.7 Å². The first-order valence-electron chi connectivity index (χ1n) is 6.03. The molecule has 1 aliphatic carbocycles. The van der Waals surface area contributed by atoms with Gasteiger partial charge in [0.15, 0.2) is 0 Å². The normalized spacial score (nSPS) is 17.6. The molecule has 2 N–H and O–H groups in total. The van der Waals surface area contributed by atoms with Gasteiger partial charge in [-0.3, -0.25) is 9.36 Å². The standard InChI is InChI=1S/C13H14N2O3/c16-11-9-4-1-2-5-10(9)14-12(17)15(11)8-13(18)6-3-7-13/h1-2,4-5,18H,3,6-8H2,(H,14,17). The second kappa shape index (κ2) is 3.81. The van der Waals surface area contributed by atoms with E-state index < -0.39 is 11.3 Å². The van der Waals surface area contributed by atoms with Crippen molar-refractivity contribution in [3.8, 4) is 0 Å². The highest BCUT2D eigenvalue weighted by atomic mass is 16.3. The lowest BCUT2D eigenvalue weighted by molar-refractivity contribution is -0.0488. The summed E-state index contributed by atoms with van der Waals surface area (Å²) in [5, 5.41) is 10.5. The molecule has 1 aliphatic rings. The Morgan fingerprint density at radius 1 is 1.28 bits per heavy atom. The average molecular weight is 246 g/mol. The van der Waals surface area contributed by atoms with Crippen LogP contribution in [0.25, 0.3) is 10.9 Å². The first kappa shape index (κ1) is 11.2. The summed E-state index contributed by atoms with van der Waals surface area (Å²) < 4.78 is 1.10. The first-order valence-corrected chi connectivity index (χ1v) is 6.03. The Morgan fingerprint density at radius 2 is 2.00 bits per heavy atom. The molecule has 94 valence electrons. The molecule has 0 aliphatic heterocycles. The Kier molecular flexibility index (Phi) is 2.38. The number of aromatic amines is 1. The topological polar surface area (TPSA) is 75.1 Å². The van der Waals surface area contributed by atoms with Crippen LogP contribution >= 0.6 is 0 Å². The first-order chi connectivity index (χ1) is 8.59. The van der Waals surface area contributed by atoms with Crippen LogP contribution in [0.3, 0.4) is 0 Å². The van der Waals surface area contributed by atoms with Crippen molar-refractivity contribution in [1.29, 1.82) is 0 Å². The predicted octanol–water partition coefficient (Wildman–Crippen LogP) is 0.605. The van der Waals surface area contributed by atoms with Crippen LogP contribution in [0.5, 0.6) is 0 Å². The van der Waals surface area contributed by atoms with Crippen LogP contribution in [0.1, 0.15) is 19.3 Å². The van der Waals surface area contributed by atoms with Gasteiger partial charge in [0.05, 0.1) is 23.0 Å². The minimum atomic E-state index is -0.890. The number of benzene rings is 1. The van der Waals surface area contributed by atoms with E-state index in [4.69, 9.17) is 0 Å². The number of aliphatic hydroxyl groups is 1. The van der Waals surface area contributed by atoms with E-state index in [1.165, 1.54) is 0 Å². The summed E-state index contributed by atoms with van der Waals surface area (Å²) in [4.78, 5) is 26.7. The van der Waals surface area contributed by atoms with Gasteiger partial charge in [-0.25, -0.2) is 4.79 Å². The van der Waals surface area contributed by atoms with Gasteiger partial charge in [-0.1, -0.05) is 12.1 Å². The van der Waals surface area contributed by atoms with Gasteiger partial charge in [0.2, 0.25) is 0 Å². The third-order valence-electron chi connectivity index (χ3n) is 3.63.